The molecular weight excluding hydrogens is 308 g/mol. The lowest BCUT2D eigenvalue weighted by Gasteiger charge is -2.33. The molecule has 1 N–H and O–H groups in total. The molecule has 2 aromatic rings. The second-order valence-corrected chi connectivity index (χ2v) is 5.59. The molecule has 0 unspecified atom stereocenters. The molecule has 1 aromatic heterocycles. The van der Waals surface area contributed by atoms with E-state index in [4.69, 9.17) is 13.9 Å². The van der Waals surface area contributed by atoms with Crippen molar-refractivity contribution < 1.29 is 18.7 Å². The highest BCUT2D eigenvalue weighted by molar-refractivity contribution is 5.96. The van der Waals surface area contributed by atoms with Gasteiger partial charge in [0.2, 0.25) is 0 Å². The van der Waals surface area contributed by atoms with Crippen molar-refractivity contribution in [1.82, 2.24) is 10.2 Å². The van der Waals surface area contributed by atoms with Crippen LogP contribution >= 0.6 is 0 Å². The van der Waals surface area contributed by atoms with Crippen LogP contribution in [0.25, 0.3) is 0 Å². The van der Waals surface area contributed by atoms with Crippen LogP contribution in [0.2, 0.25) is 0 Å². The Balaban J connectivity index is 1.70. The van der Waals surface area contributed by atoms with E-state index in [2.05, 4.69) is 10.2 Å². The molecule has 0 bridgehead atoms. The normalized spacial score (nSPS) is 16.5. The minimum atomic E-state index is -0.155. The Morgan fingerprint density at radius 2 is 2.04 bits per heavy atom. The van der Waals surface area contributed by atoms with Crippen LogP contribution in [0.3, 0.4) is 0 Å². The third-order valence-electron chi connectivity index (χ3n) is 4.17. The molecule has 1 aliphatic heterocycles. The summed E-state index contributed by atoms with van der Waals surface area (Å²) < 4.78 is 16.2. The lowest BCUT2D eigenvalue weighted by Crippen LogP contribution is -2.43. The standard InChI is InChI=1S/C18H22N2O4/c1-22-16-6-3-2-5-14(16)18(21)19-13-15(17-7-4-10-24-17)20-8-11-23-12-9-20/h2-7,10,15H,8-9,11-13H2,1H3,(H,19,21)/t15-/m1/s1. The highest BCUT2D eigenvalue weighted by Crippen LogP contribution is 2.22. The lowest BCUT2D eigenvalue weighted by molar-refractivity contribution is 0.0118. The smallest absolute Gasteiger partial charge is 0.255 e. The van der Waals surface area contributed by atoms with E-state index in [1.54, 1.807) is 25.5 Å². The Kier molecular flexibility index (Phi) is 5.51. The van der Waals surface area contributed by atoms with Gasteiger partial charge < -0.3 is 19.2 Å². The maximum absolute atomic E-state index is 12.5. The molecule has 0 saturated carbocycles. The fourth-order valence-corrected chi connectivity index (χ4v) is 2.90. The summed E-state index contributed by atoms with van der Waals surface area (Å²) in [5.41, 5.74) is 0.528. The first-order valence-corrected chi connectivity index (χ1v) is 8.06. The maximum atomic E-state index is 12.5. The molecule has 0 radical (unpaired) electrons. The van der Waals surface area contributed by atoms with Gasteiger partial charge in [0.05, 0.1) is 38.2 Å². The molecular formula is C18H22N2O4. The summed E-state index contributed by atoms with van der Waals surface area (Å²) in [5.74, 6) is 1.26. The number of rotatable bonds is 6. The van der Waals surface area contributed by atoms with Crippen molar-refractivity contribution in [2.75, 3.05) is 40.0 Å². The number of ether oxygens (including phenoxy) is 2. The molecule has 0 aliphatic carbocycles. The number of methoxy groups -OCH3 is 1. The molecule has 1 aliphatic rings. The summed E-state index contributed by atoms with van der Waals surface area (Å²) in [6.45, 7) is 3.48. The third-order valence-corrected chi connectivity index (χ3v) is 4.17. The quantitative estimate of drug-likeness (QED) is 0.879. The van der Waals surface area contributed by atoms with Crippen molar-refractivity contribution in [3.63, 3.8) is 0 Å². The van der Waals surface area contributed by atoms with E-state index in [-0.39, 0.29) is 11.9 Å². The zero-order valence-electron chi connectivity index (χ0n) is 13.7. The number of hydrogen-bond acceptors (Lipinski definition) is 5. The molecule has 6 nitrogen and oxygen atoms in total. The number of nitrogens with zero attached hydrogens (tertiary/aromatic N) is 1. The summed E-state index contributed by atoms with van der Waals surface area (Å²) in [5, 5.41) is 3.00. The van der Waals surface area contributed by atoms with Crippen molar-refractivity contribution in [3.8, 4) is 5.75 Å². The van der Waals surface area contributed by atoms with Gasteiger partial charge in [-0.15, -0.1) is 0 Å². The first-order chi connectivity index (χ1) is 11.8. The van der Waals surface area contributed by atoms with Crippen LogP contribution < -0.4 is 10.1 Å². The van der Waals surface area contributed by atoms with Crippen LogP contribution in [-0.2, 0) is 4.74 Å². The fourth-order valence-electron chi connectivity index (χ4n) is 2.90. The Hall–Kier alpha value is -2.31. The van der Waals surface area contributed by atoms with Gasteiger partial charge in [0.15, 0.2) is 0 Å². The molecule has 2 heterocycles. The van der Waals surface area contributed by atoms with Gasteiger partial charge in [0.1, 0.15) is 11.5 Å². The minimum Gasteiger partial charge on any atom is -0.496 e. The number of benzene rings is 1. The van der Waals surface area contributed by atoms with Gasteiger partial charge in [-0.2, -0.15) is 0 Å². The van der Waals surface area contributed by atoms with Gasteiger partial charge in [0.25, 0.3) is 5.91 Å². The monoisotopic (exact) mass is 330 g/mol. The summed E-state index contributed by atoms with van der Waals surface area (Å²) in [4.78, 5) is 14.8. The average Bonchev–Trinajstić information content (AvgIpc) is 3.17. The summed E-state index contributed by atoms with van der Waals surface area (Å²) in [7, 11) is 1.56. The van der Waals surface area contributed by atoms with Crippen LogP contribution in [0.5, 0.6) is 5.75 Å². The highest BCUT2D eigenvalue weighted by Gasteiger charge is 2.25. The molecule has 6 heteroatoms. The molecule has 24 heavy (non-hydrogen) atoms. The third kappa shape index (κ3) is 3.77. The van der Waals surface area contributed by atoms with Gasteiger partial charge in [-0.05, 0) is 24.3 Å². The average molecular weight is 330 g/mol. The molecule has 1 atom stereocenters. The predicted molar refractivity (Wildman–Crippen MR) is 89.2 cm³/mol. The van der Waals surface area contributed by atoms with E-state index in [0.29, 0.717) is 31.1 Å². The summed E-state index contributed by atoms with van der Waals surface area (Å²) in [6, 6.07) is 11.0. The Morgan fingerprint density at radius 1 is 1.25 bits per heavy atom. The van der Waals surface area contributed by atoms with Crippen molar-refractivity contribution >= 4 is 5.91 Å². The lowest BCUT2D eigenvalue weighted by atomic mass is 10.1. The number of furan rings is 1. The summed E-state index contributed by atoms with van der Waals surface area (Å²) in [6.07, 6.45) is 1.66. The van der Waals surface area contributed by atoms with E-state index >= 15 is 0 Å². The second-order valence-electron chi connectivity index (χ2n) is 5.59. The van der Waals surface area contributed by atoms with Crippen molar-refractivity contribution in [2.45, 2.75) is 6.04 Å². The fraction of sp³-hybridized carbons (Fsp3) is 0.389. The number of amides is 1. The zero-order chi connectivity index (χ0) is 16.8. The van der Waals surface area contributed by atoms with E-state index in [1.807, 2.05) is 24.3 Å². The van der Waals surface area contributed by atoms with Crippen molar-refractivity contribution in [3.05, 3.63) is 54.0 Å². The van der Waals surface area contributed by atoms with Crippen LogP contribution in [0.1, 0.15) is 22.2 Å². The largest absolute Gasteiger partial charge is 0.496 e. The molecule has 1 amide bonds. The van der Waals surface area contributed by atoms with Crippen LogP contribution in [0, 0.1) is 0 Å². The van der Waals surface area contributed by atoms with Crippen LogP contribution in [0.15, 0.2) is 47.1 Å². The molecule has 128 valence electrons. The predicted octanol–water partition coefficient (Wildman–Crippen LogP) is 2.09. The molecule has 0 spiro atoms. The first-order valence-electron chi connectivity index (χ1n) is 8.06. The van der Waals surface area contributed by atoms with Crippen molar-refractivity contribution in [2.24, 2.45) is 0 Å². The molecule has 1 fully saturated rings. The zero-order valence-corrected chi connectivity index (χ0v) is 13.7. The van der Waals surface area contributed by atoms with Gasteiger partial charge in [-0.1, -0.05) is 12.1 Å². The number of carbonyl (C=O) groups is 1. The number of carbonyl (C=O) groups excluding carboxylic acids is 1. The highest BCUT2D eigenvalue weighted by atomic mass is 16.5. The van der Waals surface area contributed by atoms with E-state index in [0.717, 1.165) is 18.8 Å². The Labute approximate surface area is 141 Å². The van der Waals surface area contributed by atoms with Crippen LogP contribution in [0.4, 0.5) is 0 Å². The number of hydrogen-bond donors (Lipinski definition) is 1. The maximum Gasteiger partial charge on any atom is 0.255 e. The number of para-hydroxylation sites is 1. The van der Waals surface area contributed by atoms with Gasteiger partial charge in [-0.3, -0.25) is 9.69 Å². The SMILES string of the molecule is COc1ccccc1C(=O)NC[C@H](c1ccco1)N1CCOCC1. The second kappa shape index (κ2) is 7.99. The molecule has 1 aromatic carbocycles. The van der Waals surface area contributed by atoms with E-state index in [9.17, 15) is 4.79 Å². The van der Waals surface area contributed by atoms with E-state index in [1.165, 1.54) is 0 Å². The van der Waals surface area contributed by atoms with E-state index < -0.39 is 0 Å². The van der Waals surface area contributed by atoms with Gasteiger partial charge in [0, 0.05) is 19.6 Å². The summed E-state index contributed by atoms with van der Waals surface area (Å²) >= 11 is 0. The molecule has 3 rings (SSSR count). The van der Waals surface area contributed by atoms with Gasteiger partial charge in [-0.25, -0.2) is 0 Å². The molecule has 1 saturated heterocycles. The van der Waals surface area contributed by atoms with Crippen LogP contribution in [-0.4, -0.2) is 50.8 Å². The first kappa shape index (κ1) is 16.5. The Bertz CT molecular complexity index is 651. The van der Waals surface area contributed by atoms with Crippen molar-refractivity contribution in [1.29, 1.82) is 0 Å². The number of morpholine rings is 1. The topological polar surface area (TPSA) is 63.9 Å². The Morgan fingerprint density at radius 3 is 2.75 bits per heavy atom. The van der Waals surface area contributed by atoms with Gasteiger partial charge >= 0.3 is 0 Å². The number of nitrogens with one attached hydrogen (secondary N) is 1. The minimum absolute atomic E-state index is 0.0115.